The van der Waals surface area contributed by atoms with E-state index in [9.17, 15) is 4.79 Å². The largest absolute Gasteiger partial charge is 0.497 e. The molecule has 0 heterocycles. The molecule has 0 N–H and O–H groups in total. The molecule has 88 valence electrons. The molecule has 0 atom stereocenters. The molecule has 1 aromatic rings. The zero-order chi connectivity index (χ0) is 12.1. The van der Waals surface area contributed by atoms with Gasteiger partial charge in [-0.25, -0.2) is 0 Å². The third-order valence-electron chi connectivity index (χ3n) is 2.50. The standard InChI is InChI=1S/C13H17ClO2/c1-9(2)12-8-10(16-3)4-5-11(12)13(15)6-7-14/h4-5,8-9H,6-7H2,1-3H3. The lowest BCUT2D eigenvalue weighted by molar-refractivity contribution is 0.0988. The van der Waals surface area contributed by atoms with E-state index in [1.165, 1.54) is 0 Å². The predicted octanol–water partition coefficient (Wildman–Crippen LogP) is 3.63. The Hall–Kier alpha value is -1.02. The van der Waals surface area contributed by atoms with Crippen molar-refractivity contribution in [2.24, 2.45) is 0 Å². The molecule has 2 nitrogen and oxygen atoms in total. The van der Waals surface area contributed by atoms with Crippen molar-refractivity contribution in [1.29, 1.82) is 0 Å². The molecule has 0 unspecified atom stereocenters. The lowest BCUT2D eigenvalue weighted by atomic mass is 9.93. The Labute approximate surface area is 102 Å². The van der Waals surface area contributed by atoms with Crippen LogP contribution in [0.2, 0.25) is 0 Å². The lowest BCUT2D eigenvalue weighted by Gasteiger charge is -2.13. The normalized spacial score (nSPS) is 10.6. The Balaban J connectivity index is 3.12. The monoisotopic (exact) mass is 240 g/mol. The number of ketones is 1. The Morgan fingerprint density at radius 3 is 2.62 bits per heavy atom. The first-order valence-corrected chi connectivity index (χ1v) is 5.90. The average molecular weight is 241 g/mol. The number of carbonyl (C=O) groups excluding carboxylic acids is 1. The molecule has 1 aromatic carbocycles. The van der Waals surface area contributed by atoms with Crippen LogP contribution in [0, 0.1) is 0 Å². The van der Waals surface area contributed by atoms with Gasteiger partial charge < -0.3 is 4.74 Å². The van der Waals surface area contributed by atoms with Gasteiger partial charge in [-0.1, -0.05) is 13.8 Å². The maximum absolute atomic E-state index is 11.8. The molecule has 16 heavy (non-hydrogen) atoms. The van der Waals surface area contributed by atoms with Gasteiger partial charge in [0.2, 0.25) is 0 Å². The molecule has 0 fully saturated rings. The maximum atomic E-state index is 11.8. The van der Waals surface area contributed by atoms with Gasteiger partial charge in [0.05, 0.1) is 7.11 Å². The highest BCUT2D eigenvalue weighted by atomic mass is 35.5. The summed E-state index contributed by atoms with van der Waals surface area (Å²) < 4.78 is 5.16. The molecule has 0 aliphatic heterocycles. The van der Waals surface area contributed by atoms with Gasteiger partial charge in [-0.05, 0) is 29.7 Å². The van der Waals surface area contributed by atoms with Crippen molar-refractivity contribution in [3.05, 3.63) is 29.3 Å². The Morgan fingerprint density at radius 1 is 1.44 bits per heavy atom. The number of hydrogen-bond acceptors (Lipinski definition) is 2. The van der Waals surface area contributed by atoms with Crippen molar-refractivity contribution in [3.63, 3.8) is 0 Å². The van der Waals surface area contributed by atoms with Crippen LogP contribution < -0.4 is 4.74 Å². The summed E-state index contributed by atoms with van der Waals surface area (Å²) in [6.07, 6.45) is 0.383. The van der Waals surface area contributed by atoms with Crippen molar-refractivity contribution in [2.75, 3.05) is 13.0 Å². The van der Waals surface area contributed by atoms with Crippen molar-refractivity contribution >= 4 is 17.4 Å². The molecule has 0 aromatic heterocycles. The first kappa shape index (κ1) is 13.0. The summed E-state index contributed by atoms with van der Waals surface area (Å²) in [6.45, 7) is 4.12. The second-order valence-electron chi connectivity index (χ2n) is 3.97. The summed E-state index contributed by atoms with van der Waals surface area (Å²) in [5, 5.41) is 0. The van der Waals surface area contributed by atoms with Crippen LogP contribution in [0.4, 0.5) is 0 Å². The van der Waals surface area contributed by atoms with E-state index in [1.54, 1.807) is 7.11 Å². The fourth-order valence-corrected chi connectivity index (χ4v) is 1.79. The van der Waals surface area contributed by atoms with Crippen molar-refractivity contribution in [2.45, 2.75) is 26.2 Å². The van der Waals surface area contributed by atoms with E-state index in [0.717, 1.165) is 16.9 Å². The van der Waals surface area contributed by atoms with Crippen LogP contribution >= 0.6 is 11.6 Å². The van der Waals surface area contributed by atoms with Crippen LogP contribution in [0.5, 0.6) is 5.75 Å². The summed E-state index contributed by atoms with van der Waals surface area (Å²) in [5.74, 6) is 1.54. The third-order valence-corrected chi connectivity index (χ3v) is 2.69. The second kappa shape index (κ2) is 5.90. The SMILES string of the molecule is COc1ccc(C(=O)CCCl)c(C(C)C)c1. The molecule has 0 spiro atoms. The van der Waals surface area contributed by atoms with Crippen LogP contribution in [-0.4, -0.2) is 18.8 Å². The number of hydrogen-bond donors (Lipinski definition) is 0. The molecule has 0 saturated carbocycles. The highest BCUT2D eigenvalue weighted by molar-refractivity contribution is 6.19. The Morgan fingerprint density at radius 2 is 2.12 bits per heavy atom. The summed E-state index contributed by atoms with van der Waals surface area (Å²) >= 11 is 5.59. The van der Waals surface area contributed by atoms with Gasteiger partial charge in [-0.2, -0.15) is 0 Å². The highest BCUT2D eigenvalue weighted by Gasteiger charge is 2.14. The van der Waals surface area contributed by atoms with Crippen LogP contribution in [0.25, 0.3) is 0 Å². The second-order valence-corrected chi connectivity index (χ2v) is 4.35. The number of ether oxygens (including phenoxy) is 1. The summed E-state index contributed by atoms with van der Waals surface area (Å²) in [4.78, 5) is 11.8. The van der Waals surface area contributed by atoms with Gasteiger partial charge in [0.1, 0.15) is 5.75 Å². The lowest BCUT2D eigenvalue weighted by Crippen LogP contribution is -2.06. The van der Waals surface area contributed by atoms with Crippen LogP contribution in [0.3, 0.4) is 0 Å². The Bertz CT molecular complexity index is 372. The number of halogens is 1. The predicted molar refractivity (Wildman–Crippen MR) is 66.8 cm³/mol. The average Bonchev–Trinajstić information content (AvgIpc) is 2.28. The molecular formula is C13H17ClO2. The minimum Gasteiger partial charge on any atom is -0.497 e. The summed E-state index contributed by atoms with van der Waals surface area (Å²) in [5.41, 5.74) is 1.78. The fourth-order valence-electron chi connectivity index (χ4n) is 1.62. The van der Waals surface area contributed by atoms with E-state index >= 15 is 0 Å². The number of rotatable bonds is 5. The number of Topliss-reactive ketones (excluding diaryl/α,β-unsaturated/α-hetero) is 1. The van der Waals surface area contributed by atoms with Crippen molar-refractivity contribution in [1.82, 2.24) is 0 Å². The van der Waals surface area contributed by atoms with Crippen molar-refractivity contribution < 1.29 is 9.53 Å². The summed E-state index contributed by atoms with van der Waals surface area (Å²) in [6, 6.07) is 5.56. The molecule has 3 heteroatoms. The maximum Gasteiger partial charge on any atom is 0.164 e. The number of alkyl halides is 1. The van der Waals surface area contributed by atoms with Gasteiger partial charge in [0, 0.05) is 17.9 Å². The zero-order valence-electron chi connectivity index (χ0n) is 9.92. The first-order valence-electron chi connectivity index (χ1n) is 5.37. The van der Waals surface area contributed by atoms with Crippen LogP contribution in [0.1, 0.15) is 42.1 Å². The zero-order valence-corrected chi connectivity index (χ0v) is 10.7. The van der Waals surface area contributed by atoms with Gasteiger partial charge >= 0.3 is 0 Å². The third kappa shape index (κ3) is 2.99. The van der Waals surface area contributed by atoms with Crippen molar-refractivity contribution in [3.8, 4) is 5.75 Å². The smallest absolute Gasteiger partial charge is 0.164 e. The van der Waals surface area contributed by atoms with Gasteiger partial charge in [-0.15, -0.1) is 11.6 Å². The molecular weight excluding hydrogens is 224 g/mol. The van der Waals surface area contributed by atoms with Crippen LogP contribution in [0.15, 0.2) is 18.2 Å². The van der Waals surface area contributed by atoms with E-state index in [1.807, 2.05) is 18.2 Å². The van der Waals surface area contributed by atoms with Gasteiger partial charge in [0.15, 0.2) is 5.78 Å². The molecule has 1 rings (SSSR count). The minimum atomic E-state index is 0.0985. The first-order chi connectivity index (χ1) is 7.60. The van der Waals surface area contributed by atoms with E-state index < -0.39 is 0 Å². The minimum absolute atomic E-state index is 0.0985. The number of methoxy groups -OCH3 is 1. The Kier molecular flexibility index (Phi) is 4.81. The molecule has 0 bridgehead atoms. The molecule has 0 radical (unpaired) electrons. The molecule has 0 saturated heterocycles. The van der Waals surface area contributed by atoms with E-state index in [-0.39, 0.29) is 5.78 Å². The van der Waals surface area contributed by atoms with E-state index in [4.69, 9.17) is 16.3 Å². The fraction of sp³-hybridized carbons (Fsp3) is 0.462. The molecule has 0 aliphatic rings. The topological polar surface area (TPSA) is 26.3 Å². The quantitative estimate of drug-likeness (QED) is 0.580. The van der Waals surface area contributed by atoms with Gasteiger partial charge in [0.25, 0.3) is 0 Å². The van der Waals surface area contributed by atoms with E-state index in [2.05, 4.69) is 13.8 Å². The summed E-state index contributed by atoms with van der Waals surface area (Å²) in [7, 11) is 1.62. The van der Waals surface area contributed by atoms with E-state index in [0.29, 0.717) is 18.2 Å². The highest BCUT2D eigenvalue weighted by Crippen LogP contribution is 2.25. The van der Waals surface area contributed by atoms with Crippen LogP contribution in [-0.2, 0) is 0 Å². The molecule has 0 aliphatic carbocycles. The van der Waals surface area contributed by atoms with Gasteiger partial charge in [-0.3, -0.25) is 4.79 Å². The number of benzene rings is 1. The number of carbonyl (C=O) groups is 1. The molecule has 0 amide bonds.